The average molecular weight is 278 g/mol. The van der Waals surface area contributed by atoms with Crippen molar-refractivity contribution >= 4 is 35.1 Å². The van der Waals surface area contributed by atoms with Gasteiger partial charge in [0.05, 0.1) is 23.0 Å². The minimum Gasteiger partial charge on any atom is -0.311 e. The Balaban J connectivity index is 2.21. The molecule has 1 aromatic heterocycles. The molecule has 2 atom stereocenters. The third-order valence-corrected chi connectivity index (χ3v) is 5.91. The molecule has 2 heterocycles. The van der Waals surface area contributed by atoms with E-state index < -0.39 is 0 Å². The first-order valence-electron chi connectivity index (χ1n) is 5.28. The Morgan fingerprint density at radius 2 is 2.44 bits per heavy atom. The van der Waals surface area contributed by atoms with Gasteiger partial charge in [-0.2, -0.15) is 28.6 Å². The van der Waals surface area contributed by atoms with Crippen LogP contribution in [0.2, 0.25) is 5.02 Å². The van der Waals surface area contributed by atoms with Crippen LogP contribution in [0, 0.1) is 0 Å². The third kappa shape index (κ3) is 2.53. The first kappa shape index (κ1) is 12.6. The highest BCUT2D eigenvalue weighted by Crippen LogP contribution is 2.35. The van der Waals surface area contributed by atoms with Crippen LogP contribution >= 0.6 is 35.1 Å². The number of hydrogen-bond donors (Lipinski definition) is 1. The molecule has 0 spiro atoms. The quantitative estimate of drug-likeness (QED) is 0.917. The third-order valence-electron chi connectivity index (χ3n) is 2.76. The monoisotopic (exact) mass is 277 g/mol. The van der Waals surface area contributed by atoms with E-state index in [2.05, 4.69) is 10.4 Å². The maximum Gasteiger partial charge on any atom is 0.0834 e. The van der Waals surface area contributed by atoms with Gasteiger partial charge >= 0.3 is 0 Å². The molecule has 1 N–H and O–H groups in total. The van der Waals surface area contributed by atoms with Crippen molar-refractivity contribution in [2.24, 2.45) is 7.05 Å². The van der Waals surface area contributed by atoms with E-state index in [-0.39, 0.29) is 6.04 Å². The normalized spacial score (nSPS) is 23.3. The van der Waals surface area contributed by atoms with Crippen molar-refractivity contribution in [3.05, 3.63) is 16.9 Å². The molecule has 3 nitrogen and oxygen atoms in total. The van der Waals surface area contributed by atoms with Crippen molar-refractivity contribution in [1.82, 2.24) is 15.1 Å². The van der Waals surface area contributed by atoms with Crippen LogP contribution in [0.4, 0.5) is 0 Å². The first-order chi connectivity index (χ1) is 7.74. The summed E-state index contributed by atoms with van der Waals surface area (Å²) < 4.78 is 1.88. The van der Waals surface area contributed by atoms with E-state index in [0.29, 0.717) is 5.25 Å². The zero-order valence-electron chi connectivity index (χ0n) is 9.44. The van der Waals surface area contributed by atoms with E-state index in [1.54, 1.807) is 6.20 Å². The SMILES string of the molecule is CNC(c1c(Cl)cnn1C)C1CSCCS1. The van der Waals surface area contributed by atoms with Crippen LogP contribution in [0.5, 0.6) is 0 Å². The van der Waals surface area contributed by atoms with Gasteiger partial charge in [-0.15, -0.1) is 0 Å². The number of rotatable bonds is 3. The van der Waals surface area contributed by atoms with Gasteiger partial charge in [-0.25, -0.2) is 0 Å². The number of aromatic nitrogens is 2. The molecule has 1 aromatic rings. The molecule has 1 aliphatic rings. The Bertz CT molecular complexity index is 330. The molecule has 1 fully saturated rings. The lowest BCUT2D eigenvalue weighted by atomic mass is 10.1. The molecule has 0 aromatic carbocycles. The Morgan fingerprint density at radius 3 is 2.94 bits per heavy atom. The van der Waals surface area contributed by atoms with Crippen LogP contribution in [-0.4, -0.2) is 39.3 Å². The highest BCUT2D eigenvalue weighted by atomic mass is 35.5. The lowest BCUT2D eigenvalue weighted by Crippen LogP contribution is -2.33. The number of thioether (sulfide) groups is 2. The van der Waals surface area contributed by atoms with E-state index in [0.717, 1.165) is 10.7 Å². The van der Waals surface area contributed by atoms with Crippen molar-refractivity contribution in [1.29, 1.82) is 0 Å². The van der Waals surface area contributed by atoms with Gasteiger partial charge in [-0.1, -0.05) is 11.6 Å². The fourth-order valence-electron chi connectivity index (χ4n) is 1.97. The van der Waals surface area contributed by atoms with Crippen molar-refractivity contribution in [3.8, 4) is 0 Å². The van der Waals surface area contributed by atoms with Gasteiger partial charge in [0, 0.05) is 29.6 Å². The van der Waals surface area contributed by atoms with Gasteiger partial charge in [0.1, 0.15) is 0 Å². The van der Waals surface area contributed by atoms with Crippen molar-refractivity contribution < 1.29 is 0 Å². The molecule has 1 saturated heterocycles. The minimum absolute atomic E-state index is 0.290. The molecule has 16 heavy (non-hydrogen) atoms. The Labute approximate surface area is 110 Å². The summed E-state index contributed by atoms with van der Waals surface area (Å²) in [5.41, 5.74) is 1.10. The molecule has 0 radical (unpaired) electrons. The van der Waals surface area contributed by atoms with Crippen molar-refractivity contribution in [3.63, 3.8) is 0 Å². The fraction of sp³-hybridized carbons (Fsp3) is 0.700. The zero-order chi connectivity index (χ0) is 11.5. The van der Waals surface area contributed by atoms with Crippen LogP contribution in [0.3, 0.4) is 0 Å². The van der Waals surface area contributed by atoms with Crippen molar-refractivity contribution in [2.75, 3.05) is 24.3 Å². The van der Waals surface area contributed by atoms with Gasteiger partial charge in [0.15, 0.2) is 0 Å². The Kier molecular flexibility index (Phi) is 4.47. The van der Waals surface area contributed by atoms with Gasteiger partial charge in [-0.3, -0.25) is 4.68 Å². The smallest absolute Gasteiger partial charge is 0.0834 e. The molecule has 0 bridgehead atoms. The molecule has 2 unspecified atom stereocenters. The second-order valence-electron chi connectivity index (χ2n) is 3.75. The number of nitrogens with one attached hydrogen (secondary N) is 1. The molecular weight excluding hydrogens is 262 g/mol. The van der Waals surface area contributed by atoms with Crippen LogP contribution in [0.1, 0.15) is 11.7 Å². The summed E-state index contributed by atoms with van der Waals surface area (Å²) in [5.74, 6) is 3.66. The Hall–Kier alpha value is 0.160. The van der Waals surface area contributed by atoms with Crippen LogP contribution in [-0.2, 0) is 7.05 Å². The molecule has 2 rings (SSSR count). The standard InChI is InChI=1S/C10H16ClN3S2/c1-12-9(8-6-15-3-4-16-8)10-7(11)5-13-14(10)2/h5,8-9,12H,3-4,6H2,1-2H3. The van der Waals surface area contributed by atoms with Crippen LogP contribution in [0.25, 0.3) is 0 Å². The number of nitrogens with zero attached hydrogens (tertiary/aromatic N) is 2. The second kappa shape index (κ2) is 5.67. The molecule has 0 saturated carbocycles. The summed E-state index contributed by atoms with van der Waals surface area (Å²) in [6, 6.07) is 0.290. The summed E-state index contributed by atoms with van der Waals surface area (Å²) in [6.07, 6.45) is 1.72. The minimum atomic E-state index is 0.290. The summed E-state index contributed by atoms with van der Waals surface area (Å²) in [4.78, 5) is 0. The predicted octanol–water partition coefficient (Wildman–Crippen LogP) is 2.18. The van der Waals surface area contributed by atoms with Gasteiger partial charge in [-0.05, 0) is 7.05 Å². The number of halogens is 1. The van der Waals surface area contributed by atoms with Crippen molar-refractivity contribution in [2.45, 2.75) is 11.3 Å². The molecular formula is C10H16ClN3S2. The summed E-state index contributed by atoms with van der Waals surface area (Å²) in [6.45, 7) is 0. The summed E-state index contributed by atoms with van der Waals surface area (Å²) in [5, 5.41) is 8.93. The highest BCUT2D eigenvalue weighted by molar-refractivity contribution is 8.06. The van der Waals surface area contributed by atoms with E-state index in [9.17, 15) is 0 Å². The summed E-state index contributed by atoms with van der Waals surface area (Å²) >= 11 is 10.2. The fourth-order valence-corrected chi connectivity index (χ4v) is 5.13. The van der Waals surface area contributed by atoms with E-state index in [1.807, 2.05) is 42.3 Å². The van der Waals surface area contributed by atoms with E-state index >= 15 is 0 Å². The lowest BCUT2D eigenvalue weighted by molar-refractivity contribution is 0.538. The largest absolute Gasteiger partial charge is 0.311 e. The number of aryl methyl sites for hydroxylation is 1. The van der Waals surface area contributed by atoms with Crippen LogP contribution < -0.4 is 5.32 Å². The van der Waals surface area contributed by atoms with Crippen LogP contribution in [0.15, 0.2) is 6.20 Å². The zero-order valence-corrected chi connectivity index (χ0v) is 11.8. The van der Waals surface area contributed by atoms with Gasteiger partial charge in [0.2, 0.25) is 0 Å². The molecule has 0 aliphatic carbocycles. The average Bonchev–Trinajstić information content (AvgIpc) is 2.63. The summed E-state index contributed by atoms with van der Waals surface area (Å²) in [7, 11) is 3.94. The maximum atomic E-state index is 6.20. The number of hydrogen-bond acceptors (Lipinski definition) is 4. The topological polar surface area (TPSA) is 29.9 Å². The molecule has 1 aliphatic heterocycles. The highest BCUT2D eigenvalue weighted by Gasteiger charge is 2.28. The maximum absolute atomic E-state index is 6.20. The first-order valence-corrected chi connectivity index (χ1v) is 7.86. The predicted molar refractivity (Wildman–Crippen MR) is 73.6 cm³/mol. The lowest BCUT2D eigenvalue weighted by Gasteiger charge is -2.29. The Morgan fingerprint density at radius 1 is 1.62 bits per heavy atom. The van der Waals surface area contributed by atoms with Gasteiger partial charge in [0.25, 0.3) is 0 Å². The second-order valence-corrected chi connectivity index (χ2v) is 6.66. The van der Waals surface area contributed by atoms with E-state index in [4.69, 9.17) is 11.6 Å². The molecule has 6 heteroatoms. The van der Waals surface area contributed by atoms with Gasteiger partial charge < -0.3 is 5.32 Å². The molecule has 90 valence electrons. The molecule has 0 amide bonds. The van der Waals surface area contributed by atoms with E-state index in [1.165, 1.54) is 17.3 Å².